The van der Waals surface area contributed by atoms with Gasteiger partial charge in [0, 0.05) is 141 Å². The molecule has 13 aliphatic rings. The van der Waals surface area contributed by atoms with Gasteiger partial charge < -0.3 is 85.6 Å². The van der Waals surface area contributed by atoms with Gasteiger partial charge >= 0.3 is 0 Å². The predicted octanol–water partition coefficient (Wildman–Crippen LogP) is 14.2. The van der Waals surface area contributed by atoms with Gasteiger partial charge in [0.1, 0.15) is 82.3 Å². The van der Waals surface area contributed by atoms with E-state index < -0.39 is 33.8 Å². The molecule has 678 valence electrons. The fourth-order valence-corrected chi connectivity index (χ4v) is 18.4. The minimum atomic E-state index is -0.970. The van der Waals surface area contributed by atoms with Gasteiger partial charge in [-0.25, -0.2) is 36.9 Å². The normalized spacial score (nSPS) is 30.0. The largest absolute Gasteiger partial charge is 0.462 e. The Morgan fingerprint density at radius 3 is 1.42 bits per heavy atom. The lowest BCUT2D eigenvalue weighted by molar-refractivity contribution is -0.0143. The molecule has 0 radical (unpaired) electrons. The number of amides is 1. The Kier molecular flexibility index (Phi) is 33.0. The quantitative estimate of drug-likeness (QED) is 0.0178. The van der Waals surface area contributed by atoms with E-state index in [2.05, 4.69) is 119 Å². The number of oxime groups is 3. The highest BCUT2D eigenvalue weighted by molar-refractivity contribution is 9.11. The number of nitrogens with zero attached hydrogens (tertiary/aromatic N) is 6. The molecular formula is C87H103Br4Cl2F5N12O15. The van der Waals surface area contributed by atoms with Crippen molar-refractivity contribution < 1.29 is 94.2 Å². The first-order chi connectivity index (χ1) is 60.0. The first-order valence-electron chi connectivity index (χ1n) is 40.7. The molecule has 1 saturated heterocycles. The standard InChI is InChI=1S/C20H18BrFN2O3.C13H14BrFN2O2.C13H16FN3O2.C12H13BrFNO2.C12H15BrFNO2.C6H10ClNO.C6H9NO.C5H8ClNO2/c1-26-11-20(14-9-13(21)7-8-16(14)22)15-10-17(15)27-19(24-20)23-18(25)12-5-3-2-4-6-12;1-18-6-13(8-4-7(14)2-3-10(8)15)9-5-11(9)19-12(16)17-13;1-18-6-13(8-4-7(15)2-3-10(8)14)9-5-11(9)19-12(16)17-13;1-16-6-12(9-5-11(9)17-15-12)8-4-7(13)2-3-10(8)14;1-17-6-12(15,9-5-11(9)16)8-4-7(13)2-3-10(8)14;1-2-5-3-6(4-7)9-8-5;1-2-5-4-3-6(4)8-7-5;6-2-5-1-4(3-8)7-9-5/h2-9,15,17H,10-11H2,1H3,(H,23,24,25);2-4,9,11H,5-6H2,1H3,(H2,16,17);2-4,9,11H,5-6,15H2,1H3,(H2,16,17);2-4,9,11,15H,5-6H2,1H3;2-4,9,11,16H,5-6,15H2,1H3;6H,2-4H2,1H3;4,6H,2-3H2,1H3;5,8H,1-3H2/t15-,17?,20+;2*9-,11?,13+;2*9-,11?,12+;;;/m00000.../s1. The Morgan fingerprint density at radius 2 is 1.01 bits per heavy atom. The van der Waals surface area contributed by atoms with Crippen molar-refractivity contribution >= 4 is 134 Å². The number of alkyl halides is 2. The van der Waals surface area contributed by atoms with Crippen molar-refractivity contribution in [1.82, 2.24) is 10.8 Å². The summed E-state index contributed by atoms with van der Waals surface area (Å²) in [7, 11) is 7.84. The number of hydrogen-bond acceptors (Lipinski definition) is 26. The van der Waals surface area contributed by atoms with Gasteiger partial charge in [-0.05, 0) is 154 Å². The Balaban J connectivity index is 0.000000134. The van der Waals surface area contributed by atoms with E-state index in [4.69, 9.17) is 108 Å². The minimum absolute atomic E-state index is 0.00127. The minimum Gasteiger partial charge on any atom is -0.462 e. The molecule has 0 bridgehead atoms. The highest BCUT2D eigenvalue weighted by Gasteiger charge is 2.64. The zero-order valence-corrected chi connectivity index (χ0v) is 77.6. The van der Waals surface area contributed by atoms with E-state index in [9.17, 15) is 31.9 Å². The van der Waals surface area contributed by atoms with Crippen molar-refractivity contribution in [3.05, 3.63) is 202 Å². The van der Waals surface area contributed by atoms with Crippen LogP contribution in [-0.4, -0.2) is 187 Å². The monoisotopic (exact) mass is 2040 g/mol. The Hall–Kier alpha value is -7.24. The third-order valence-corrected chi connectivity index (χ3v) is 26.1. The van der Waals surface area contributed by atoms with Crippen LogP contribution in [-0.2, 0) is 84.9 Å². The summed E-state index contributed by atoms with van der Waals surface area (Å²) >= 11 is 24.4. The van der Waals surface area contributed by atoms with Gasteiger partial charge in [0.2, 0.25) is 0 Å². The van der Waals surface area contributed by atoms with Gasteiger partial charge in [-0.1, -0.05) is 111 Å². The molecule has 6 aromatic rings. The van der Waals surface area contributed by atoms with Gasteiger partial charge in [0.15, 0.2) is 0 Å². The zero-order valence-electron chi connectivity index (χ0n) is 69.7. The second kappa shape index (κ2) is 42.5. The molecule has 125 heavy (non-hydrogen) atoms. The first-order valence-corrected chi connectivity index (χ1v) is 45.0. The number of hydroxylamine groups is 1. The number of methoxy groups -OCH3 is 5. The molecule has 0 aromatic heterocycles. The lowest BCUT2D eigenvalue weighted by atomic mass is 9.85. The van der Waals surface area contributed by atoms with E-state index >= 15 is 0 Å². The number of carbonyl (C=O) groups excluding carboxylic acids is 1. The Labute approximate surface area is 765 Å². The number of fused-ring (bicyclic) bond motifs is 5. The number of hydrogen-bond donors (Lipinski definition) is 8. The maximum Gasteiger partial charge on any atom is 0.292 e. The van der Waals surface area contributed by atoms with Crippen LogP contribution in [0, 0.1) is 64.6 Å². The summed E-state index contributed by atoms with van der Waals surface area (Å²) in [6.07, 6.45) is 8.99. The maximum atomic E-state index is 14.7. The molecule has 1 amide bonds. The second-order valence-corrected chi connectivity index (χ2v) is 36.5. The number of amidine groups is 3. The van der Waals surface area contributed by atoms with Crippen molar-refractivity contribution in [2.24, 2.45) is 83.2 Å². The summed E-state index contributed by atoms with van der Waals surface area (Å²) in [5.41, 5.74) is 28.7. The molecule has 6 aromatic carbocycles. The lowest BCUT2D eigenvalue weighted by Crippen LogP contribution is -2.45. The molecule has 19 atom stereocenters. The number of nitrogens with two attached hydrogens (primary N) is 4. The van der Waals surface area contributed by atoms with Gasteiger partial charge in [0.05, 0.1) is 91.8 Å². The summed E-state index contributed by atoms with van der Waals surface area (Å²) in [5.74, 6) is 0.117. The van der Waals surface area contributed by atoms with E-state index in [1.54, 1.807) is 107 Å². The number of carbonyl (C=O) groups is 1. The third-order valence-electron chi connectivity index (χ3n) is 23.5. The molecule has 7 fully saturated rings. The van der Waals surface area contributed by atoms with Crippen LogP contribution in [0.4, 0.5) is 27.6 Å². The Morgan fingerprint density at radius 1 is 0.544 bits per heavy atom. The van der Waals surface area contributed by atoms with Crippen LogP contribution >= 0.6 is 86.9 Å². The van der Waals surface area contributed by atoms with Gasteiger partial charge in [0.25, 0.3) is 24.0 Å². The van der Waals surface area contributed by atoms with Crippen LogP contribution in [0.25, 0.3) is 0 Å². The summed E-state index contributed by atoms with van der Waals surface area (Å²) in [4.78, 5) is 46.1. The molecule has 12 N–H and O–H groups in total. The molecular weight excluding hydrogens is 1940 g/mol. The molecule has 9 unspecified atom stereocenters. The number of nitrogen functional groups attached to an aromatic ring is 1. The molecule has 19 rings (SSSR count). The summed E-state index contributed by atoms with van der Waals surface area (Å²) < 4.78 is 117. The third kappa shape index (κ3) is 22.8. The number of anilines is 1. The smallest absolute Gasteiger partial charge is 0.292 e. The number of aliphatic hydroxyl groups is 2. The zero-order chi connectivity index (χ0) is 89.9. The van der Waals surface area contributed by atoms with Gasteiger partial charge in [-0.15, -0.1) is 23.2 Å². The molecule has 0 spiro atoms. The summed E-state index contributed by atoms with van der Waals surface area (Å²) in [5, 5.41) is 32.1. The molecule has 38 heteroatoms. The predicted molar refractivity (Wildman–Crippen MR) is 476 cm³/mol. The number of nitrogens with one attached hydrogen (secondary N) is 2. The van der Waals surface area contributed by atoms with Crippen molar-refractivity contribution in [3.8, 4) is 0 Å². The topological polar surface area (TPSA) is 371 Å². The van der Waals surface area contributed by atoms with Gasteiger partial charge in [-0.3, -0.25) is 14.9 Å². The first kappa shape index (κ1) is 96.8. The summed E-state index contributed by atoms with van der Waals surface area (Å²) in [6, 6.07) is 32.7. The average molecular weight is 2040 g/mol. The fourth-order valence-electron chi connectivity index (χ4n) is 16.6. The number of benzene rings is 6. The van der Waals surface area contributed by atoms with E-state index in [-0.39, 0.29) is 146 Å². The highest BCUT2D eigenvalue weighted by atomic mass is 79.9. The van der Waals surface area contributed by atoms with Crippen LogP contribution in [0.5, 0.6) is 0 Å². The van der Waals surface area contributed by atoms with Crippen molar-refractivity contribution in [2.75, 3.05) is 92.7 Å². The number of ether oxygens (including phenoxy) is 8. The highest BCUT2D eigenvalue weighted by Crippen LogP contribution is 2.58. The van der Waals surface area contributed by atoms with Crippen LogP contribution in [0.1, 0.15) is 116 Å². The SMILES string of the molecule is CCC1=NOC(CCl)C1.CCC1=NOC2CC12.COC[C@@](N)(c1cc(Br)ccc1F)[C@H]1CC1O.COC[C@]1(c2cc(Br)ccc2F)N=C(N)OC2C[C@@H]21.COC[C@]1(c2cc(Br)ccc2F)N=C(NC(=O)c2ccccc2)OC2C[C@@H]21.COC[C@]1(c2cc(Br)ccc2F)NOC2C[C@@H]21.COC[C@]1(c2cc(N)ccc2F)N=C(N)OC2C[C@@H]21.OCC1=NOC(CCl)C1. The Bertz CT molecular complexity index is 4850. The molecule has 6 saturated carbocycles. The molecule has 7 heterocycles. The number of aliphatic imine (C=N–C) groups is 3. The fraction of sp³-hybridized carbons (Fsp3) is 0.506. The molecule has 27 nitrogen and oxygen atoms in total. The number of rotatable bonds is 22. The lowest BCUT2D eigenvalue weighted by Gasteiger charge is -2.34. The van der Waals surface area contributed by atoms with Crippen molar-refractivity contribution in [3.63, 3.8) is 0 Å². The van der Waals surface area contributed by atoms with E-state index in [1.807, 2.05) is 6.07 Å². The summed E-state index contributed by atoms with van der Waals surface area (Å²) in [6.45, 7) is 5.48. The van der Waals surface area contributed by atoms with Crippen molar-refractivity contribution in [1.29, 1.82) is 0 Å². The van der Waals surface area contributed by atoms with Crippen LogP contribution in [0.2, 0.25) is 0 Å². The van der Waals surface area contributed by atoms with E-state index in [0.29, 0.717) is 88.0 Å². The van der Waals surface area contributed by atoms with Crippen LogP contribution in [0.15, 0.2) is 170 Å². The van der Waals surface area contributed by atoms with E-state index in [0.717, 1.165) is 74.5 Å². The van der Waals surface area contributed by atoms with Crippen molar-refractivity contribution in [2.45, 2.75) is 155 Å². The number of aliphatic hydroxyl groups excluding tert-OH is 2. The van der Waals surface area contributed by atoms with E-state index in [1.165, 1.54) is 55.6 Å². The second-order valence-electron chi connectivity index (χ2n) is 32.2. The van der Waals surface area contributed by atoms with Crippen LogP contribution in [0.3, 0.4) is 0 Å². The molecule has 6 aliphatic carbocycles. The molecule has 7 aliphatic heterocycles. The number of halogens is 11. The average Bonchev–Trinajstić information content (AvgIpc) is 1.57. The van der Waals surface area contributed by atoms with Crippen LogP contribution < -0.4 is 33.7 Å². The van der Waals surface area contributed by atoms with Gasteiger partial charge in [-0.2, -0.15) is 5.48 Å². The maximum absolute atomic E-state index is 14.7.